The van der Waals surface area contributed by atoms with E-state index in [-0.39, 0.29) is 11.7 Å². The zero-order valence-electron chi connectivity index (χ0n) is 15.7. The SMILES string of the molecule is CSCCn1c(=NC(=O)c2cc3ccccc3o2)sc2cc3c(cc21)OCCO3. The van der Waals surface area contributed by atoms with Crippen molar-refractivity contribution in [2.24, 2.45) is 4.99 Å². The average Bonchev–Trinajstić information content (AvgIpc) is 3.31. The lowest BCUT2D eigenvalue weighted by Gasteiger charge is -2.18. The zero-order valence-corrected chi connectivity index (χ0v) is 17.3. The molecule has 148 valence electrons. The number of aromatic nitrogens is 1. The first-order valence-corrected chi connectivity index (χ1v) is 11.4. The van der Waals surface area contributed by atoms with E-state index in [1.165, 1.54) is 11.3 Å². The topological polar surface area (TPSA) is 66.0 Å². The molecular weight excluding hydrogens is 408 g/mol. The Morgan fingerprint density at radius 3 is 2.76 bits per heavy atom. The van der Waals surface area contributed by atoms with E-state index < -0.39 is 0 Å². The Labute approximate surface area is 174 Å². The normalized spacial score (nSPS) is 14.0. The Hall–Kier alpha value is -2.71. The van der Waals surface area contributed by atoms with Gasteiger partial charge in [-0.25, -0.2) is 0 Å². The Morgan fingerprint density at radius 2 is 1.97 bits per heavy atom. The molecule has 0 saturated heterocycles. The zero-order chi connectivity index (χ0) is 19.8. The number of nitrogens with zero attached hydrogens (tertiary/aromatic N) is 2. The van der Waals surface area contributed by atoms with Crippen molar-refractivity contribution in [3.8, 4) is 11.5 Å². The largest absolute Gasteiger partial charge is 0.486 e. The Kier molecular flexibility index (Phi) is 4.81. The molecule has 2 aromatic carbocycles. The van der Waals surface area contributed by atoms with Crippen LogP contribution in [0.4, 0.5) is 0 Å². The van der Waals surface area contributed by atoms with Crippen molar-refractivity contribution in [2.75, 3.05) is 25.2 Å². The van der Waals surface area contributed by atoms with Crippen molar-refractivity contribution >= 4 is 50.2 Å². The Balaban J connectivity index is 1.62. The van der Waals surface area contributed by atoms with E-state index in [9.17, 15) is 4.79 Å². The number of aryl methyl sites for hydroxylation is 1. The van der Waals surface area contributed by atoms with Gasteiger partial charge in [0.2, 0.25) is 0 Å². The van der Waals surface area contributed by atoms with Crippen molar-refractivity contribution < 1.29 is 18.7 Å². The van der Waals surface area contributed by atoms with Gasteiger partial charge in [-0.2, -0.15) is 16.8 Å². The number of hydrogen-bond donors (Lipinski definition) is 0. The van der Waals surface area contributed by atoms with Gasteiger partial charge in [-0.3, -0.25) is 4.79 Å². The molecule has 4 aromatic rings. The maximum atomic E-state index is 12.8. The van der Waals surface area contributed by atoms with Crippen molar-refractivity contribution in [2.45, 2.75) is 6.54 Å². The first-order valence-electron chi connectivity index (χ1n) is 9.22. The minimum absolute atomic E-state index is 0.242. The summed E-state index contributed by atoms with van der Waals surface area (Å²) in [5.74, 6) is 2.23. The van der Waals surface area contributed by atoms with Gasteiger partial charge in [0.25, 0.3) is 0 Å². The summed E-state index contributed by atoms with van der Waals surface area (Å²) in [6, 6.07) is 13.2. The Morgan fingerprint density at radius 1 is 1.17 bits per heavy atom. The van der Waals surface area contributed by atoms with E-state index in [4.69, 9.17) is 13.9 Å². The first-order chi connectivity index (χ1) is 14.2. The molecule has 29 heavy (non-hydrogen) atoms. The Bertz CT molecular complexity index is 1250. The monoisotopic (exact) mass is 426 g/mol. The summed E-state index contributed by atoms with van der Waals surface area (Å²) in [6.07, 6.45) is 2.06. The molecule has 0 bridgehead atoms. The lowest BCUT2D eigenvalue weighted by atomic mass is 10.2. The van der Waals surface area contributed by atoms with Crippen LogP contribution in [-0.2, 0) is 6.54 Å². The molecule has 0 fully saturated rings. The van der Waals surface area contributed by atoms with Crippen LogP contribution in [0, 0.1) is 0 Å². The van der Waals surface area contributed by atoms with Crippen molar-refractivity contribution in [3.63, 3.8) is 0 Å². The molecule has 5 rings (SSSR count). The minimum atomic E-state index is -0.386. The van der Waals surface area contributed by atoms with Crippen LogP contribution < -0.4 is 14.3 Å². The van der Waals surface area contributed by atoms with Gasteiger partial charge in [-0.1, -0.05) is 29.5 Å². The lowest BCUT2D eigenvalue weighted by molar-refractivity contribution is 0.0973. The molecule has 0 N–H and O–H groups in total. The second-order valence-corrected chi connectivity index (χ2v) is 8.55. The van der Waals surface area contributed by atoms with Crippen LogP contribution in [0.2, 0.25) is 0 Å². The van der Waals surface area contributed by atoms with Crippen LogP contribution in [-0.4, -0.2) is 35.7 Å². The number of thioether (sulfide) groups is 1. The predicted octanol–water partition coefficient (Wildman–Crippen LogP) is 4.32. The highest BCUT2D eigenvalue weighted by Crippen LogP contribution is 2.35. The van der Waals surface area contributed by atoms with Gasteiger partial charge >= 0.3 is 5.91 Å². The summed E-state index contributed by atoms with van der Waals surface area (Å²) in [5, 5.41) is 0.889. The van der Waals surface area contributed by atoms with E-state index in [2.05, 4.69) is 15.8 Å². The molecule has 0 atom stereocenters. The number of carbonyl (C=O) groups excluding carboxylic acids is 1. The van der Waals surface area contributed by atoms with Crippen molar-refractivity contribution in [1.29, 1.82) is 0 Å². The van der Waals surface area contributed by atoms with Gasteiger partial charge < -0.3 is 18.5 Å². The number of benzene rings is 2. The number of hydrogen-bond acceptors (Lipinski definition) is 6. The number of para-hydroxylation sites is 1. The van der Waals surface area contributed by atoms with Crippen LogP contribution in [0.25, 0.3) is 21.2 Å². The number of thiazole rings is 1. The van der Waals surface area contributed by atoms with E-state index in [0.29, 0.717) is 23.6 Å². The van der Waals surface area contributed by atoms with Crippen molar-refractivity contribution in [3.05, 3.63) is 53.0 Å². The lowest BCUT2D eigenvalue weighted by Crippen LogP contribution is -2.18. The molecule has 1 aliphatic heterocycles. The van der Waals surface area contributed by atoms with Gasteiger partial charge in [-0.15, -0.1) is 0 Å². The van der Waals surface area contributed by atoms with Gasteiger partial charge in [0.15, 0.2) is 22.1 Å². The molecule has 8 heteroatoms. The fraction of sp³-hybridized carbons (Fsp3) is 0.238. The summed E-state index contributed by atoms with van der Waals surface area (Å²) in [7, 11) is 0. The number of amides is 1. The highest BCUT2D eigenvalue weighted by molar-refractivity contribution is 7.98. The van der Waals surface area contributed by atoms with E-state index >= 15 is 0 Å². The van der Waals surface area contributed by atoms with Crippen LogP contribution >= 0.6 is 23.1 Å². The summed E-state index contributed by atoms with van der Waals surface area (Å²) in [4.78, 5) is 17.9. The number of rotatable bonds is 4. The van der Waals surface area contributed by atoms with E-state index in [1.807, 2.05) is 36.4 Å². The summed E-state index contributed by atoms with van der Waals surface area (Å²) >= 11 is 3.21. The highest BCUT2D eigenvalue weighted by Gasteiger charge is 2.18. The predicted molar refractivity (Wildman–Crippen MR) is 115 cm³/mol. The number of carbonyl (C=O) groups is 1. The molecule has 0 saturated carbocycles. The first kappa shape index (κ1) is 18.3. The molecule has 0 spiro atoms. The number of fused-ring (bicyclic) bond motifs is 3. The quantitative estimate of drug-likeness (QED) is 0.486. The molecule has 1 amide bonds. The number of furan rings is 1. The third-order valence-electron chi connectivity index (χ3n) is 4.70. The van der Waals surface area contributed by atoms with Crippen molar-refractivity contribution in [1.82, 2.24) is 4.57 Å². The van der Waals surface area contributed by atoms with Gasteiger partial charge in [0.05, 0.1) is 10.2 Å². The molecule has 1 aliphatic rings. The van der Waals surface area contributed by atoms with E-state index in [0.717, 1.165) is 39.4 Å². The molecule has 3 heterocycles. The molecule has 6 nitrogen and oxygen atoms in total. The van der Waals surface area contributed by atoms with Gasteiger partial charge in [-0.05, 0) is 18.4 Å². The van der Waals surface area contributed by atoms with Crippen LogP contribution in [0.1, 0.15) is 10.6 Å². The molecular formula is C21H18N2O4S2. The van der Waals surface area contributed by atoms with Crippen LogP contribution in [0.15, 0.2) is 51.9 Å². The van der Waals surface area contributed by atoms with Gasteiger partial charge in [0, 0.05) is 29.8 Å². The van der Waals surface area contributed by atoms with E-state index in [1.54, 1.807) is 17.8 Å². The summed E-state index contributed by atoms with van der Waals surface area (Å²) in [5.41, 5.74) is 1.67. The second kappa shape index (κ2) is 7.61. The maximum Gasteiger partial charge on any atom is 0.315 e. The van der Waals surface area contributed by atoms with Crippen LogP contribution in [0.3, 0.4) is 0 Å². The highest BCUT2D eigenvalue weighted by atomic mass is 32.2. The number of ether oxygens (including phenoxy) is 2. The van der Waals surface area contributed by atoms with Gasteiger partial charge in [0.1, 0.15) is 18.8 Å². The molecule has 0 radical (unpaired) electrons. The fourth-order valence-electron chi connectivity index (χ4n) is 3.32. The standard InChI is InChI=1S/C21H18N2O4S2/c1-28-9-6-23-14-11-16-17(26-8-7-25-16)12-19(14)29-21(23)22-20(24)18-10-13-4-2-3-5-15(13)27-18/h2-5,10-12H,6-9H2,1H3. The third-order valence-corrected chi connectivity index (χ3v) is 6.33. The second-order valence-electron chi connectivity index (χ2n) is 6.56. The molecule has 0 aliphatic carbocycles. The smallest absolute Gasteiger partial charge is 0.315 e. The average molecular weight is 427 g/mol. The summed E-state index contributed by atoms with van der Waals surface area (Å²) in [6.45, 7) is 1.82. The third kappa shape index (κ3) is 3.42. The molecule has 0 unspecified atom stereocenters. The minimum Gasteiger partial charge on any atom is -0.486 e. The molecule has 2 aromatic heterocycles. The maximum absolute atomic E-state index is 12.8. The summed E-state index contributed by atoms with van der Waals surface area (Å²) < 4.78 is 20.2. The fourth-order valence-corrected chi connectivity index (χ4v) is 4.75. The van der Waals surface area contributed by atoms with Crippen LogP contribution in [0.5, 0.6) is 11.5 Å².